The number of carbonyl (C=O) groups is 1. The first-order chi connectivity index (χ1) is 11.0. The lowest BCUT2D eigenvalue weighted by atomic mass is 10.1. The molecule has 0 radical (unpaired) electrons. The van der Waals surface area contributed by atoms with Crippen LogP contribution in [0.5, 0.6) is 5.75 Å². The number of rotatable bonds is 7. The number of aromatic nitrogens is 2. The first-order valence-electron chi connectivity index (χ1n) is 7.35. The SMILES string of the molecule is CC(C)COc1ccc(-c2cn(C(C)OC=O)cn2)cc1C#N. The second-order valence-corrected chi connectivity index (χ2v) is 5.57. The summed E-state index contributed by atoms with van der Waals surface area (Å²) in [6, 6.07) is 7.53. The van der Waals surface area contributed by atoms with Gasteiger partial charge in [-0.1, -0.05) is 13.8 Å². The third-order valence-electron chi connectivity index (χ3n) is 3.24. The van der Waals surface area contributed by atoms with Gasteiger partial charge in [-0.3, -0.25) is 4.79 Å². The van der Waals surface area contributed by atoms with E-state index < -0.39 is 6.23 Å². The minimum atomic E-state index is -0.433. The van der Waals surface area contributed by atoms with Crippen molar-refractivity contribution in [2.24, 2.45) is 5.92 Å². The van der Waals surface area contributed by atoms with Crippen LogP contribution in [0.3, 0.4) is 0 Å². The number of hydrogen-bond donors (Lipinski definition) is 0. The molecule has 0 aliphatic heterocycles. The van der Waals surface area contributed by atoms with E-state index in [1.165, 1.54) is 0 Å². The standard InChI is InChI=1S/C17H19N3O3/c1-12(2)9-22-17-5-4-14(6-15(17)7-18)16-8-20(10-19-16)13(3)23-11-21/h4-6,8,10-13H,9H2,1-3H3. The van der Waals surface area contributed by atoms with Crippen molar-refractivity contribution in [3.8, 4) is 23.1 Å². The number of nitrogens with zero attached hydrogens (tertiary/aromatic N) is 3. The lowest BCUT2D eigenvalue weighted by Crippen LogP contribution is -2.06. The molecule has 1 heterocycles. The molecule has 0 amide bonds. The fourth-order valence-corrected chi connectivity index (χ4v) is 1.99. The number of benzene rings is 1. The van der Waals surface area contributed by atoms with Gasteiger partial charge in [0.15, 0.2) is 6.23 Å². The van der Waals surface area contributed by atoms with Gasteiger partial charge in [0, 0.05) is 11.8 Å². The van der Waals surface area contributed by atoms with Gasteiger partial charge < -0.3 is 14.0 Å². The van der Waals surface area contributed by atoms with Crippen molar-refractivity contribution in [2.45, 2.75) is 27.0 Å². The van der Waals surface area contributed by atoms with E-state index in [0.29, 0.717) is 36.0 Å². The maximum absolute atomic E-state index is 10.4. The van der Waals surface area contributed by atoms with Crippen LogP contribution in [0.25, 0.3) is 11.3 Å². The van der Waals surface area contributed by atoms with Crippen LogP contribution >= 0.6 is 0 Å². The fourth-order valence-electron chi connectivity index (χ4n) is 1.99. The normalized spacial score (nSPS) is 11.8. The van der Waals surface area contributed by atoms with E-state index in [2.05, 4.69) is 24.9 Å². The molecule has 2 aromatic rings. The first kappa shape index (κ1) is 16.6. The average molecular weight is 313 g/mol. The summed E-state index contributed by atoms with van der Waals surface area (Å²) in [7, 11) is 0. The molecule has 120 valence electrons. The lowest BCUT2D eigenvalue weighted by Gasteiger charge is -2.11. The van der Waals surface area contributed by atoms with E-state index in [-0.39, 0.29) is 0 Å². The van der Waals surface area contributed by atoms with Gasteiger partial charge in [0.05, 0.1) is 24.2 Å². The minimum absolute atomic E-state index is 0.385. The van der Waals surface area contributed by atoms with E-state index >= 15 is 0 Å². The second kappa shape index (κ2) is 7.45. The summed E-state index contributed by atoms with van der Waals surface area (Å²) in [6.45, 7) is 6.80. The Labute approximate surface area is 135 Å². The Kier molecular flexibility index (Phi) is 5.36. The Hall–Kier alpha value is -2.81. The van der Waals surface area contributed by atoms with Crippen LogP contribution in [-0.2, 0) is 9.53 Å². The van der Waals surface area contributed by atoms with Gasteiger partial charge in [0.2, 0.25) is 0 Å². The molecule has 0 saturated carbocycles. The zero-order valence-corrected chi connectivity index (χ0v) is 13.4. The van der Waals surface area contributed by atoms with Gasteiger partial charge in [0.25, 0.3) is 6.47 Å². The molecule has 0 spiro atoms. The highest BCUT2D eigenvalue weighted by Crippen LogP contribution is 2.26. The predicted octanol–water partition coefficient (Wildman–Crippen LogP) is 3.15. The van der Waals surface area contributed by atoms with Gasteiger partial charge in [-0.05, 0) is 31.0 Å². The number of hydrogen-bond acceptors (Lipinski definition) is 5. The zero-order valence-electron chi connectivity index (χ0n) is 13.4. The molecule has 0 aliphatic rings. The molecule has 0 saturated heterocycles. The largest absolute Gasteiger partial charge is 0.492 e. The maximum atomic E-state index is 10.4. The van der Waals surface area contributed by atoms with Crippen molar-refractivity contribution in [2.75, 3.05) is 6.61 Å². The lowest BCUT2D eigenvalue weighted by molar-refractivity contribution is -0.136. The van der Waals surface area contributed by atoms with Gasteiger partial charge in [-0.15, -0.1) is 0 Å². The third-order valence-corrected chi connectivity index (χ3v) is 3.24. The summed E-state index contributed by atoms with van der Waals surface area (Å²) in [5.74, 6) is 0.957. The quantitative estimate of drug-likeness (QED) is 0.734. The Morgan fingerprint density at radius 2 is 2.17 bits per heavy atom. The number of imidazole rings is 1. The highest BCUT2D eigenvalue weighted by molar-refractivity contribution is 5.63. The second-order valence-electron chi connectivity index (χ2n) is 5.57. The molecule has 23 heavy (non-hydrogen) atoms. The zero-order chi connectivity index (χ0) is 16.8. The molecule has 0 N–H and O–H groups in total. The first-order valence-corrected chi connectivity index (χ1v) is 7.35. The highest BCUT2D eigenvalue weighted by atomic mass is 16.5. The molecule has 1 atom stereocenters. The van der Waals surface area contributed by atoms with Gasteiger partial charge in [-0.25, -0.2) is 4.98 Å². The van der Waals surface area contributed by atoms with Crippen LogP contribution in [0.15, 0.2) is 30.7 Å². The van der Waals surface area contributed by atoms with Crippen molar-refractivity contribution in [1.29, 1.82) is 5.26 Å². The van der Waals surface area contributed by atoms with Crippen molar-refractivity contribution in [3.63, 3.8) is 0 Å². The van der Waals surface area contributed by atoms with E-state index in [0.717, 1.165) is 5.56 Å². The summed E-state index contributed by atoms with van der Waals surface area (Å²) >= 11 is 0. The monoisotopic (exact) mass is 313 g/mol. The average Bonchev–Trinajstić information content (AvgIpc) is 3.03. The van der Waals surface area contributed by atoms with Crippen LogP contribution in [0.1, 0.15) is 32.6 Å². The molecule has 0 aliphatic carbocycles. The molecule has 0 fully saturated rings. The number of carbonyl (C=O) groups excluding carboxylic acids is 1. The van der Waals surface area contributed by atoms with E-state index in [1.54, 1.807) is 36.1 Å². The third kappa shape index (κ3) is 4.10. The molecule has 1 unspecified atom stereocenters. The van der Waals surface area contributed by atoms with Crippen molar-refractivity contribution in [3.05, 3.63) is 36.3 Å². The summed E-state index contributed by atoms with van der Waals surface area (Å²) in [5.41, 5.74) is 1.96. The van der Waals surface area contributed by atoms with E-state index in [4.69, 9.17) is 9.47 Å². The van der Waals surface area contributed by atoms with Crippen LogP contribution in [0.2, 0.25) is 0 Å². The van der Waals surface area contributed by atoms with Crippen molar-refractivity contribution in [1.82, 2.24) is 9.55 Å². The molecule has 6 nitrogen and oxygen atoms in total. The Bertz CT molecular complexity index is 716. The van der Waals surface area contributed by atoms with Gasteiger partial charge in [-0.2, -0.15) is 5.26 Å². The summed E-state index contributed by atoms with van der Waals surface area (Å²) < 4.78 is 12.2. The van der Waals surface area contributed by atoms with Gasteiger partial charge in [0.1, 0.15) is 11.8 Å². The van der Waals surface area contributed by atoms with Crippen molar-refractivity contribution >= 4 is 6.47 Å². The van der Waals surface area contributed by atoms with Crippen LogP contribution in [0, 0.1) is 17.2 Å². The summed E-state index contributed by atoms with van der Waals surface area (Å²) in [4.78, 5) is 14.7. The van der Waals surface area contributed by atoms with E-state index in [9.17, 15) is 10.1 Å². The summed E-state index contributed by atoms with van der Waals surface area (Å²) in [6.07, 6.45) is 2.91. The molecule has 6 heteroatoms. The smallest absolute Gasteiger partial charge is 0.295 e. The molecule has 1 aromatic carbocycles. The fraction of sp³-hybridized carbons (Fsp3) is 0.353. The summed E-state index contributed by atoms with van der Waals surface area (Å²) in [5, 5.41) is 9.30. The van der Waals surface area contributed by atoms with Crippen LogP contribution in [-0.4, -0.2) is 22.6 Å². The minimum Gasteiger partial charge on any atom is -0.492 e. The number of nitriles is 1. The predicted molar refractivity (Wildman–Crippen MR) is 84.6 cm³/mol. The van der Waals surface area contributed by atoms with Crippen LogP contribution in [0.4, 0.5) is 0 Å². The van der Waals surface area contributed by atoms with Gasteiger partial charge >= 0.3 is 0 Å². The Morgan fingerprint density at radius 1 is 1.39 bits per heavy atom. The molecular formula is C17H19N3O3. The topological polar surface area (TPSA) is 77.1 Å². The maximum Gasteiger partial charge on any atom is 0.295 e. The van der Waals surface area contributed by atoms with E-state index in [1.807, 2.05) is 6.07 Å². The molecular weight excluding hydrogens is 294 g/mol. The molecule has 2 rings (SSSR count). The Balaban J connectivity index is 2.24. The van der Waals surface area contributed by atoms with Crippen LogP contribution < -0.4 is 4.74 Å². The van der Waals surface area contributed by atoms with Crippen molar-refractivity contribution < 1.29 is 14.3 Å². The molecule has 0 bridgehead atoms. The number of ether oxygens (including phenoxy) is 2. The Morgan fingerprint density at radius 3 is 2.83 bits per heavy atom. The highest BCUT2D eigenvalue weighted by Gasteiger charge is 2.11. The molecule has 1 aromatic heterocycles.